The fraction of sp³-hybridized carbons (Fsp3) is 0.438. The van der Waals surface area contributed by atoms with Gasteiger partial charge in [0.05, 0.1) is 11.8 Å². The maximum Gasteiger partial charge on any atom is 0.229 e. The monoisotopic (exact) mass is 286 g/mol. The number of aromatic nitrogens is 1. The predicted molar refractivity (Wildman–Crippen MR) is 85.3 cm³/mol. The molecule has 2 heterocycles. The summed E-state index contributed by atoms with van der Waals surface area (Å²) in [4.78, 5) is 4.93. The van der Waals surface area contributed by atoms with E-state index in [1.165, 1.54) is 5.69 Å². The second kappa shape index (κ2) is 5.77. The van der Waals surface area contributed by atoms with E-state index < -0.39 is 0 Å². The number of piperazine rings is 1. The summed E-state index contributed by atoms with van der Waals surface area (Å²) >= 11 is 0. The maximum atomic E-state index is 5.80. The molecule has 0 spiro atoms. The van der Waals surface area contributed by atoms with E-state index in [4.69, 9.17) is 10.3 Å². The molecule has 0 aliphatic carbocycles. The van der Waals surface area contributed by atoms with E-state index in [9.17, 15) is 0 Å². The SMILES string of the molecule is CC(C)N1CCN(c2cccc(-c3cnoc3N)c2)CC1. The van der Waals surface area contributed by atoms with Gasteiger partial charge in [0.2, 0.25) is 5.88 Å². The van der Waals surface area contributed by atoms with Crippen LogP contribution >= 0.6 is 0 Å². The molecule has 1 saturated heterocycles. The first-order valence-electron chi connectivity index (χ1n) is 7.45. The van der Waals surface area contributed by atoms with Crippen LogP contribution in [0.2, 0.25) is 0 Å². The Kier molecular flexibility index (Phi) is 3.84. The van der Waals surface area contributed by atoms with Gasteiger partial charge >= 0.3 is 0 Å². The largest absolute Gasteiger partial charge is 0.369 e. The van der Waals surface area contributed by atoms with Gasteiger partial charge in [-0.05, 0) is 31.5 Å². The average molecular weight is 286 g/mol. The second-order valence-corrected chi connectivity index (χ2v) is 5.77. The molecular formula is C16H22N4O. The van der Waals surface area contributed by atoms with Crippen molar-refractivity contribution in [1.29, 1.82) is 0 Å². The van der Waals surface area contributed by atoms with Crippen molar-refractivity contribution in [2.75, 3.05) is 36.8 Å². The number of nitrogens with two attached hydrogens (primary N) is 1. The minimum Gasteiger partial charge on any atom is -0.369 e. The summed E-state index contributed by atoms with van der Waals surface area (Å²) in [6, 6.07) is 9.03. The van der Waals surface area contributed by atoms with Crippen LogP contribution in [0.1, 0.15) is 13.8 Å². The van der Waals surface area contributed by atoms with Gasteiger partial charge in [-0.25, -0.2) is 0 Å². The Hall–Kier alpha value is -2.01. The molecule has 0 radical (unpaired) electrons. The Bertz CT molecular complexity index is 600. The molecule has 1 aromatic carbocycles. The van der Waals surface area contributed by atoms with Gasteiger partial charge in [0.25, 0.3) is 0 Å². The van der Waals surface area contributed by atoms with Crippen LogP contribution in [-0.4, -0.2) is 42.3 Å². The highest BCUT2D eigenvalue weighted by Crippen LogP contribution is 2.29. The van der Waals surface area contributed by atoms with Gasteiger partial charge in [0.15, 0.2) is 0 Å². The summed E-state index contributed by atoms with van der Waals surface area (Å²) in [6.07, 6.45) is 1.67. The lowest BCUT2D eigenvalue weighted by molar-refractivity contribution is 0.209. The molecule has 0 unspecified atom stereocenters. The molecule has 1 fully saturated rings. The number of nitrogens with zero attached hydrogens (tertiary/aromatic N) is 3. The number of anilines is 2. The van der Waals surface area contributed by atoms with Gasteiger partial charge in [-0.3, -0.25) is 4.90 Å². The zero-order valence-electron chi connectivity index (χ0n) is 12.6. The van der Waals surface area contributed by atoms with E-state index in [0.717, 1.165) is 37.3 Å². The molecule has 0 amide bonds. The Morgan fingerprint density at radius 2 is 1.95 bits per heavy atom. The van der Waals surface area contributed by atoms with Crippen LogP contribution in [0, 0.1) is 0 Å². The second-order valence-electron chi connectivity index (χ2n) is 5.77. The highest BCUT2D eigenvalue weighted by atomic mass is 16.5. The Morgan fingerprint density at radius 1 is 1.19 bits per heavy atom. The summed E-state index contributed by atoms with van der Waals surface area (Å²) in [5.41, 5.74) is 8.95. The van der Waals surface area contributed by atoms with Gasteiger partial charge in [-0.1, -0.05) is 17.3 Å². The highest BCUT2D eigenvalue weighted by molar-refractivity contribution is 5.74. The van der Waals surface area contributed by atoms with E-state index in [-0.39, 0.29) is 0 Å². The molecule has 5 nitrogen and oxygen atoms in total. The summed E-state index contributed by atoms with van der Waals surface area (Å²) in [5.74, 6) is 0.372. The average Bonchev–Trinajstić information content (AvgIpc) is 2.94. The van der Waals surface area contributed by atoms with Crippen LogP contribution in [0.25, 0.3) is 11.1 Å². The summed E-state index contributed by atoms with van der Waals surface area (Å²) in [6.45, 7) is 8.84. The molecule has 0 atom stereocenters. The van der Waals surface area contributed by atoms with Crippen LogP contribution in [0.4, 0.5) is 11.6 Å². The first kappa shape index (κ1) is 13.9. The molecule has 0 bridgehead atoms. The van der Waals surface area contributed by atoms with Crippen molar-refractivity contribution in [3.05, 3.63) is 30.5 Å². The van der Waals surface area contributed by atoms with Crippen molar-refractivity contribution in [2.24, 2.45) is 0 Å². The van der Waals surface area contributed by atoms with Crippen molar-refractivity contribution in [2.45, 2.75) is 19.9 Å². The smallest absolute Gasteiger partial charge is 0.229 e. The first-order chi connectivity index (χ1) is 10.1. The third-order valence-electron chi connectivity index (χ3n) is 4.17. The molecule has 2 aromatic rings. The lowest BCUT2D eigenvalue weighted by Gasteiger charge is -2.38. The van der Waals surface area contributed by atoms with Crippen molar-refractivity contribution in [3.63, 3.8) is 0 Å². The molecule has 1 aliphatic rings. The number of hydrogen-bond donors (Lipinski definition) is 1. The molecule has 1 aliphatic heterocycles. The lowest BCUT2D eigenvalue weighted by atomic mass is 10.1. The van der Waals surface area contributed by atoms with Gasteiger partial charge < -0.3 is 15.2 Å². The molecule has 0 saturated carbocycles. The van der Waals surface area contributed by atoms with Gasteiger partial charge in [0, 0.05) is 37.9 Å². The van der Waals surface area contributed by atoms with Crippen LogP contribution in [0.15, 0.2) is 35.0 Å². The van der Waals surface area contributed by atoms with E-state index in [1.54, 1.807) is 6.20 Å². The quantitative estimate of drug-likeness (QED) is 0.939. The van der Waals surface area contributed by atoms with Crippen LogP contribution in [0.5, 0.6) is 0 Å². The third-order valence-corrected chi connectivity index (χ3v) is 4.17. The Morgan fingerprint density at radius 3 is 2.57 bits per heavy atom. The van der Waals surface area contributed by atoms with Gasteiger partial charge in [0.1, 0.15) is 0 Å². The first-order valence-corrected chi connectivity index (χ1v) is 7.45. The summed E-state index contributed by atoms with van der Waals surface area (Å²) in [7, 11) is 0. The van der Waals surface area contributed by atoms with E-state index in [0.29, 0.717) is 11.9 Å². The lowest BCUT2D eigenvalue weighted by Crippen LogP contribution is -2.48. The molecule has 2 N–H and O–H groups in total. The summed E-state index contributed by atoms with van der Waals surface area (Å²) in [5, 5.41) is 3.75. The minimum absolute atomic E-state index is 0.372. The molecule has 21 heavy (non-hydrogen) atoms. The molecular weight excluding hydrogens is 264 g/mol. The van der Waals surface area contributed by atoms with Gasteiger partial charge in [-0.15, -0.1) is 0 Å². The molecule has 3 rings (SSSR count). The molecule has 112 valence electrons. The fourth-order valence-electron chi connectivity index (χ4n) is 2.83. The number of hydrogen-bond acceptors (Lipinski definition) is 5. The van der Waals surface area contributed by atoms with Crippen LogP contribution in [-0.2, 0) is 0 Å². The maximum absolute atomic E-state index is 5.80. The number of benzene rings is 1. The topological polar surface area (TPSA) is 58.5 Å². The van der Waals surface area contributed by atoms with E-state index >= 15 is 0 Å². The number of rotatable bonds is 3. The highest BCUT2D eigenvalue weighted by Gasteiger charge is 2.19. The van der Waals surface area contributed by atoms with E-state index in [1.807, 2.05) is 6.07 Å². The van der Waals surface area contributed by atoms with Crippen molar-refractivity contribution < 1.29 is 4.52 Å². The zero-order valence-corrected chi connectivity index (χ0v) is 12.6. The van der Waals surface area contributed by atoms with Gasteiger partial charge in [-0.2, -0.15) is 0 Å². The third kappa shape index (κ3) is 2.88. The Balaban J connectivity index is 1.77. The number of nitrogen functional groups attached to an aromatic ring is 1. The Labute approximate surface area is 125 Å². The molecule has 5 heteroatoms. The van der Waals surface area contributed by atoms with Crippen molar-refractivity contribution >= 4 is 11.6 Å². The minimum atomic E-state index is 0.372. The van der Waals surface area contributed by atoms with Crippen molar-refractivity contribution in [1.82, 2.24) is 10.1 Å². The van der Waals surface area contributed by atoms with Crippen LogP contribution < -0.4 is 10.6 Å². The summed E-state index contributed by atoms with van der Waals surface area (Å²) < 4.78 is 4.95. The van der Waals surface area contributed by atoms with Crippen LogP contribution in [0.3, 0.4) is 0 Å². The predicted octanol–water partition coefficient (Wildman–Crippen LogP) is 2.45. The molecule has 1 aromatic heterocycles. The standard InChI is InChI=1S/C16H22N4O/c1-12(2)19-6-8-20(9-7-19)14-5-3-4-13(10-14)15-11-18-21-16(15)17/h3-5,10-12H,6-9,17H2,1-2H3. The van der Waals surface area contributed by atoms with E-state index in [2.05, 4.69) is 47.0 Å². The zero-order chi connectivity index (χ0) is 14.8. The fourth-order valence-corrected chi connectivity index (χ4v) is 2.83. The normalized spacial score (nSPS) is 16.6. The van der Waals surface area contributed by atoms with Crippen molar-refractivity contribution in [3.8, 4) is 11.1 Å².